The molecule has 1 aliphatic heterocycles. The largest absolute Gasteiger partial charge is 0.388 e. The maximum atomic E-state index is 10.7. The third kappa shape index (κ3) is 2.65. The monoisotopic (exact) mass is 189 g/mol. The molecule has 5 heteroatoms. The van der Waals surface area contributed by atoms with Gasteiger partial charge < -0.3 is 20.3 Å². The lowest BCUT2D eigenvalue weighted by molar-refractivity contribution is -0.202. The molecule has 0 aromatic heterocycles. The minimum Gasteiger partial charge on any atom is -0.388 e. The van der Waals surface area contributed by atoms with E-state index in [0.29, 0.717) is 0 Å². The van der Waals surface area contributed by atoms with Crippen molar-refractivity contribution in [3.63, 3.8) is 0 Å². The standard InChI is InChI=1S/C8H15NO4/c1-4-8(12)6(9-5(2)10)3-7(11)13-4/h4,6-8,11-12H,3H2,1-2H3,(H,9,10)/t4-,6-,7+,8+/m1/s1. The average molecular weight is 189 g/mol. The summed E-state index contributed by atoms with van der Waals surface area (Å²) in [6.45, 7) is 3.03. The Kier molecular flexibility index (Phi) is 3.24. The molecule has 1 heterocycles. The van der Waals surface area contributed by atoms with Gasteiger partial charge in [0.15, 0.2) is 6.29 Å². The number of carbonyl (C=O) groups is 1. The van der Waals surface area contributed by atoms with Crippen LogP contribution in [0.4, 0.5) is 0 Å². The predicted octanol–water partition coefficient (Wildman–Crippen LogP) is -1.02. The van der Waals surface area contributed by atoms with Crippen LogP contribution in [0.3, 0.4) is 0 Å². The Morgan fingerprint density at radius 2 is 2.15 bits per heavy atom. The van der Waals surface area contributed by atoms with Crippen molar-refractivity contribution in [2.75, 3.05) is 0 Å². The fourth-order valence-corrected chi connectivity index (χ4v) is 1.47. The molecule has 4 atom stereocenters. The lowest BCUT2D eigenvalue weighted by Gasteiger charge is -2.35. The summed E-state index contributed by atoms with van der Waals surface area (Å²) >= 11 is 0. The molecule has 1 aliphatic rings. The molecular weight excluding hydrogens is 174 g/mol. The van der Waals surface area contributed by atoms with Crippen molar-refractivity contribution in [1.82, 2.24) is 5.32 Å². The van der Waals surface area contributed by atoms with E-state index in [4.69, 9.17) is 4.74 Å². The van der Waals surface area contributed by atoms with Crippen LogP contribution >= 0.6 is 0 Å². The van der Waals surface area contributed by atoms with Crippen LogP contribution in [0.15, 0.2) is 0 Å². The molecule has 76 valence electrons. The molecule has 1 fully saturated rings. The van der Waals surface area contributed by atoms with Crippen LogP contribution in [0.2, 0.25) is 0 Å². The van der Waals surface area contributed by atoms with Gasteiger partial charge in [-0.15, -0.1) is 0 Å². The highest BCUT2D eigenvalue weighted by Gasteiger charge is 2.34. The fraction of sp³-hybridized carbons (Fsp3) is 0.875. The van der Waals surface area contributed by atoms with E-state index in [-0.39, 0.29) is 12.3 Å². The number of hydrogen-bond acceptors (Lipinski definition) is 4. The van der Waals surface area contributed by atoms with Crippen LogP contribution in [0.1, 0.15) is 20.3 Å². The van der Waals surface area contributed by atoms with Gasteiger partial charge in [-0.3, -0.25) is 4.79 Å². The van der Waals surface area contributed by atoms with E-state index in [1.807, 2.05) is 0 Å². The minimum atomic E-state index is -0.907. The van der Waals surface area contributed by atoms with Crippen molar-refractivity contribution in [3.05, 3.63) is 0 Å². The topological polar surface area (TPSA) is 78.8 Å². The molecule has 5 nitrogen and oxygen atoms in total. The second kappa shape index (κ2) is 4.04. The summed E-state index contributed by atoms with van der Waals surface area (Å²) in [5.41, 5.74) is 0. The molecule has 1 saturated heterocycles. The zero-order chi connectivity index (χ0) is 10.0. The van der Waals surface area contributed by atoms with E-state index < -0.39 is 24.5 Å². The Balaban J connectivity index is 2.55. The molecule has 1 rings (SSSR count). The van der Waals surface area contributed by atoms with Crippen LogP contribution in [0, 0.1) is 0 Å². The van der Waals surface area contributed by atoms with Crippen molar-refractivity contribution in [2.45, 2.75) is 44.8 Å². The minimum absolute atomic E-state index is 0.217. The molecule has 3 N–H and O–H groups in total. The second-order valence-corrected chi connectivity index (χ2v) is 3.33. The van der Waals surface area contributed by atoms with E-state index in [0.717, 1.165) is 0 Å². The molecule has 13 heavy (non-hydrogen) atoms. The first kappa shape index (κ1) is 10.4. The van der Waals surface area contributed by atoms with Gasteiger partial charge in [-0.2, -0.15) is 0 Å². The third-order valence-electron chi connectivity index (χ3n) is 2.11. The molecule has 0 unspecified atom stereocenters. The zero-order valence-electron chi connectivity index (χ0n) is 7.73. The Labute approximate surface area is 76.7 Å². The van der Waals surface area contributed by atoms with Gasteiger partial charge in [-0.1, -0.05) is 0 Å². The van der Waals surface area contributed by atoms with Gasteiger partial charge in [0.25, 0.3) is 0 Å². The summed E-state index contributed by atoms with van der Waals surface area (Å²) in [5, 5.41) is 21.3. The number of amides is 1. The maximum absolute atomic E-state index is 10.7. The summed E-state index contributed by atoms with van der Waals surface area (Å²) in [6.07, 6.45) is -1.89. The van der Waals surface area contributed by atoms with Crippen molar-refractivity contribution < 1.29 is 19.7 Å². The first-order chi connectivity index (χ1) is 6.00. The second-order valence-electron chi connectivity index (χ2n) is 3.33. The number of aliphatic hydroxyl groups excluding tert-OH is 2. The molecule has 0 aromatic rings. The van der Waals surface area contributed by atoms with Gasteiger partial charge in [0.1, 0.15) is 6.10 Å². The summed E-state index contributed by atoms with van der Waals surface area (Å²) < 4.78 is 4.96. The number of hydrogen-bond donors (Lipinski definition) is 3. The molecular formula is C8H15NO4. The zero-order valence-corrected chi connectivity index (χ0v) is 7.73. The Morgan fingerprint density at radius 1 is 1.54 bits per heavy atom. The first-order valence-corrected chi connectivity index (χ1v) is 4.29. The van der Waals surface area contributed by atoms with Crippen molar-refractivity contribution >= 4 is 5.91 Å². The molecule has 0 saturated carbocycles. The van der Waals surface area contributed by atoms with Gasteiger partial charge in [0.05, 0.1) is 12.1 Å². The highest BCUT2D eigenvalue weighted by Crippen LogP contribution is 2.18. The highest BCUT2D eigenvalue weighted by atomic mass is 16.6. The lowest BCUT2D eigenvalue weighted by Crippen LogP contribution is -2.54. The van der Waals surface area contributed by atoms with Crippen LogP contribution in [0.5, 0.6) is 0 Å². The van der Waals surface area contributed by atoms with Gasteiger partial charge in [-0.25, -0.2) is 0 Å². The summed E-state index contributed by atoms with van der Waals surface area (Å²) in [7, 11) is 0. The van der Waals surface area contributed by atoms with E-state index in [1.54, 1.807) is 6.92 Å². The van der Waals surface area contributed by atoms with Gasteiger partial charge in [-0.05, 0) is 6.92 Å². The predicted molar refractivity (Wildman–Crippen MR) is 44.8 cm³/mol. The number of nitrogens with one attached hydrogen (secondary N) is 1. The maximum Gasteiger partial charge on any atom is 0.217 e. The Bertz CT molecular complexity index is 197. The summed E-state index contributed by atoms with van der Waals surface area (Å²) in [6, 6.07) is -0.420. The average Bonchev–Trinajstić information content (AvgIpc) is 1.98. The highest BCUT2D eigenvalue weighted by molar-refractivity contribution is 5.73. The lowest BCUT2D eigenvalue weighted by atomic mass is 10.00. The van der Waals surface area contributed by atoms with Crippen LogP contribution in [-0.2, 0) is 9.53 Å². The third-order valence-corrected chi connectivity index (χ3v) is 2.11. The van der Waals surface area contributed by atoms with Gasteiger partial charge in [0, 0.05) is 13.3 Å². The molecule has 0 bridgehead atoms. The Morgan fingerprint density at radius 3 is 2.69 bits per heavy atom. The molecule has 1 amide bonds. The Hall–Kier alpha value is -0.650. The van der Waals surface area contributed by atoms with E-state index >= 15 is 0 Å². The van der Waals surface area contributed by atoms with Crippen LogP contribution in [0.25, 0.3) is 0 Å². The SMILES string of the molecule is CC(=O)N[C@@H]1C[C@@H](O)O[C@H](C)[C@@H]1O. The molecule has 0 spiro atoms. The molecule has 0 aliphatic carbocycles. The summed E-state index contributed by atoms with van der Waals surface area (Å²) in [4.78, 5) is 10.7. The fourth-order valence-electron chi connectivity index (χ4n) is 1.47. The van der Waals surface area contributed by atoms with Crippen molar-refractivity contribution in [2.24, 2.45) is 0 Å². The molecule has 0 radical (unpaired) electrons. The molecule has 0 aromatic carbocycles. The number of rotatable bonds is 1. The smallest absolute Gasteiger partial charge is 0.217 e. The normalized spacial score (nSPS) is 40.0. The number of aliphatic hydroxyl groups is 2. The number of carbonyl (C=O) groups excluding carboxylic acids is 1. The number of ether oxygens (including phenoxy) is 1. The van der Waals surface area contributed by atoms with E-state index in [2.05, 4.69) is 5.32 Å². The summed E-state index contributed by atoms with van der Waals surface area (Å²) in [5.74, 6) is -0.217. The van der Waals surface area contributed by atoms with Gasteiger partial charge in [0.2, 0.25) is 5.91 Å². The quantitative estimate of drug-likeness (QED) is 0.493. The van der Waals surface area contributed by atoms with Crippen LogP contribution in [-0.4, -0.2) is 40.7 Å². The van der Waals surface area contributed by atoms with Gasteiger partial charge >= 0.3 is 0 Å². The van der Waals surface area contributed by atoms with E-state index in [1.165, 1.54) is 6.92 Å². The van der Waals surface area contributed by atoms with E-state index in [9.17, 15) is 15.0 Å². The first-order valence-electron chi connectivity index (χ1n) is 4.29. The van der Waals surface area contributed by atoms with Crippen molar-refractivity contribution in [1.29, 1.82) is 0 Å². The van der Waals surface area contributed by atoms with Crippen molar-refractivity contribution in [3.8, 4) is 0 Å². The van der Waals surface area contributed by atoms with Crippen LogP contribution < -0.4 is 5.32 Å².